The van der Waals surface area contributed by atoms with Crippen LogP contribution in [-0.2, 0) is 0 Å². The Morgan fingerprint density at radius 2 is 1.95 bits per heavy atom. The van der Waals surface area contributed by atoms with Crippen LogP contribution in [0.3, 0.4) is 0 Å². The van der Waals surface area contributed by atoms with Crippen LogP contribution in [0.1, 0.15) is 84.5 Å². The second-order valence-electron chi connectivity index (χ2n) is 7.23. The van der Waals surface area contributed by atoms with Crippen LogP contribution in [0, 0.1) is 34.5 Å². The van der Waals surface area contributed by atoms with Gasteiger partial charge in [0.05, 0.1) is 11.5 Å². The standard InChI is InChI=1S/C18H31N/c1-3-5-10-18(14-19)11-9-16-12-15(6-4-2)7-8-17(16)13-18/h15-17H,3-13H2,1-2H3. The van der Waals surface area contributed by atoms with Gasteiger partial charge in [-0.25, -0.2) is 0 Å². The largest absolute Gasteiger partial charge is 0.198 e. The van der Waals surface area contributed by atoms with E-state index in [2.05, 4.69) is 19.9 Å². The van der Waals surface area contributed by atoms with Gasteiger partial charge in [-0.05, 0) is 56.3 Å². The number of rotatable bonds is 5. The number of nitriles is 1. The average molecular weight is 261 g/mol. The molecular weight excluding hydrogens is 230 g/mol. The highest BCUT2D eigenvalue weighted by atomic mass is 14.5. The minimum atomic E-state index is 0.0504. The van der Waals surface area contributed by atoms with Crippen LogP contribution < -0.4 is 0 Å². The smallest absolute Gasteiger partial charge is 0.0689 e. The van der Waals surface area contributed by atoms with Crippen LogP contribution in [0.15, 0.2) is 0 Å². The molecular formula is C18H31N. The third kappa shape index (κ3) is 3.53. The topological polar surface area (TPSA) is 23.8 Å². The van der Waals surface area contributed by atoms with Crippen molar-refractivity contribution in [2.24, 2.45) is 23.2 Å². The van der Waals surface area contributed by atoms with Gasteiger partial charge in [0.1, 0.15) is 0 Å². The Morgan fingerprint density at radius 1 is 1.11 bits per heavy atom. The van der Waals surface area contributed by atoms with Gasteiger partial charge >= 0.3 is 0 Å². The van der Waals surface area contributed by atoms with Crippen molar-refractivity contribution in [2.75, 3.05) is 0 Å². The molecule has 0 aromatic rings. The molecule has 2 aliphatic rings. The summed E-state index contributed by atoms with van der Waals surface area (Å²) in [6, 6.07) is 2.72. The monoisotopic (exact) mass is 261 g/mol. The minimum Gasteiger partial charge on any atom is -0.198 e. The van der Waals surface area contributed by atoms with E-state index < -0.39 is 0 Å². The van der Waals surface area contributed by atoms with E-state index in [0.29, 0.717) is 0 Å². The molecule has 0 amide bonds. The lowest BCUT2D eigenvalue weighted by molar-refractivity contribution is 0.0622. The molecule has 19 heavy (non-hydrogen) atoms. The number of fused-ring (bicyclic) bond motifs is 1. The molecule has 0 bridgehead atoms. The summed E-state index contributed by atoms with van der Waals surface area (Å²) in [6.07, 6.45) is 14.5. The fourth-order valence-electron chi connectivity index (χ4n) is 4.68. The summed E-state index contributed by atoms with van der Waals surface area (Å²) in [5, 5.41) is 9.64. The van der Waals surface area contributed by atoms with E-state index in [-0.39, 0.29) is 5.41 Å². The summed E-state index contributed by atoms with van der Waals surface area (Å²) < 4.78 is 0. The van der Waals surface area contributed by atoms with Gasteiger partial charge < -0.3 is 0 Å². The first-order valence-corrected chi connectivity index (χ1v) is 8.64. The van der Waals surface area contributed by atoms with E-state index in [1.165, 1.54) is 64.2 Å². The first kappa shape index (κ1) is 14.9. The molecule has 0 aliphatic heterocycles. The van der Waals surface area contributed by atoms with Crippen molar-refractivity contribution < 1.29 is 0 Å². The molecule has 0 aromatic carbocycles. The van der Waals surface area contributed by atoms with Gasteiger partial charge in [-0.15, -0.1) is 0 Å². The molecule has 2 rings (SSSR count). The molecule has 0 radical (unpaired) electrons. The first-order valence-electron chi connectivity index (χ1n) is 8.64. The molecule has 1 heteroatoms. The molecule has 1 nitrogen and oxygen atoms in total. The molecule has 2 fully saturated rings. The third-order valence-corrected chi connectivity index (χ3v) is 5.84. The maximum Gasteiger partial charge on any atom is 0.0689 e. The number of unbranched alkanes of at least 4 members (excludes halogenated alkanes) is 1. The Bertz CT molecular complexity index is 316. The van der Waals surface area contributed by atoms with E-state index >= 15 is 0 Å². The molecule has 0 heterocycles. The Labute approximate surface area is 119 Å². The molecule has 0 spiro atoms. The van der Waals surface area contributed by atoms with E-state index in [9.17, 15) is 5.26 Å². The van der Waals surface area contributed by atoms with Gasteiger partial charge in [-0.3, -0.25) is 0 Å². The summed E-state index contributed by atoms with van der Waals surface area (Å²) in [7, 11) is 0. The predicted molar refractivity (Wildman–Crippen MR) is 80.7 cm³/mol. The van der Waals surface area contributed by atoms with Crippen LogP contribution >= 0.6 is 0 Å². The van der Waals surface area contributed by atoms with Gasteiger partial charge in [0.15, 0.2) is 0 Å². The second kappa shape index (κ2) is 6.78. The fraction of sp³-hybridized carbons (Fsp3) is 0.944. The second-order valence-corrected chi connectivity index (χ2v) is 7.23. The lowest BCUT2D eigenvalue weighted by atomic mass is 9.58. The molecule has 4 unspecified atom stereocenters. The molecule has 0 N–H and O–H groups in total. The van der Waals surface area contributed by atoms with Crippen LogP contribution in [-0.4, -0.2) is 0 Å². The number of hydrogen-bond acceptors (Lipinski definition) is 1. The highest BCUT2D eigenvalue weighted by Gasteiger charge is 2.42. The van der Waals surface area contributed by atoms with Crippen molar-refractivity contribution in [3.8, 4) is 6.07 Å². The Hall–Kier alpha value is -0.510. The SMILES string of the molecule is CCCCC1(C#N)CCC2CC(CCC)CCC2C1. The van der Waals surface area contributed by atoms with Gasteiger partial charge in [-0.2, -0.15) is 5.26 Å². The maximum absolute atomic E-state index is 9.64. The lowest BCUT2D eigenvalue weighted by Gasteiger charge is -2.45. The predicted octanol–water partition coefficient (Wildman–Crippen LogP) is 5.70. The van der Waals surface area contributed by atoms with Crippen LogP contribution in [0.25, 0.3) is 0 Å². The zero-order valence-corrected chi connectivity index (χ0v) is 13.0. The highest BCUT2D eigenvalue weighted by Crippen LogP contribution is 2.51. The van der Waals surface area contributed by atoms with Gasteiger partial charge in [-0.1, -0.05) is 46.0 Å². The van der Waals surface area contributed by atoms with Crippen molar-refractivity contribution >= 4 is 0 Å². The average Bonchev–Trinajstić information content (AvgIpc) is 2.45. The minimum absolute atomic E-state index is 0.0504. The molecule has 0 aromatic heterocycles. The van der Waals surface area contributed by atoms with Crippen LogP contribution in [0.4, 0.5) is 0 Å². The van der Waals surface area contributed by atoms with Crippen molar-refractivity contribution in [2.45, 2.75) is 84.5 Å². The van der Waals surface area contributed by atoms with Crippen molar-refractivity contribution in [1.29, 1.82) is 5.26 Å². The number of hydrogen-bond donors (Lipinski definition) is 0. The van der Waals surface area contributed by atoms with Crippen LogP contribution in [0.2, 0.25) is 0 Å². The van der Waals surface area contributed by atoms with Crippen molar-refractivity contribution in [1.82, 2.24) is 0 Å². The molecule has 4 atom stereocenters. The van der Waals surface area contributed by atoms with Gasteiger partial charge in [0, 0.05) is 0 Å². The Balaban J connectivity index is 1.92. The van der Waals surface area contributed by atoms with Gasteiger partial charge in [0.25, 0.3) is 0 Å². The summed E-state index contributed by atoms with van der Waals surface area (Å²) in [5.41, 5.74) is 0.0504. The summed E-state index contributed by atoms with van der Waals surface area (Å²) in [5.74, 6) is 2.82. The summed E-state index contributed by atoms with van der Waals surface area (Å²) >= 11 is 0. The van der Waals surface area contributed by atoms with E-state index in [1.54, 1.807) is 0 Å². The zero-order valence-electron chi connectivity index (χ0n) is 13.0. The summed E-state index contributed by atoms with van der Waals surface area (Å²) in [6.45, 7) is 4.56. The Morgan fingerprint density at radius 3 is 2.63 bits per heavy atom. The van der Waals surface area contributed by atoms with Crippen molar-refractivity contribution in [3.05, 3.63) is 0 Å². The summed E-state index contributed by atoms with van der Waals surface area (Å²) in [4.78, 5) is 0. The van der Waals surface area contributed by atoms with Gasteiger partial charge in [0.2, 0.25) is 0 Å². The molecule has 2 saturated carbocycles. The molecule has 2 aliphatic carbocycles. The van der Waals surface area contributed by atoms with E-state index in [4.69, 9.17) is 0 Å². The number of nitrogens with zero attached hydrogens (tertiary/aromatic N) is 1. The maximum atomic E-state index is 9.64. The fourth-order valence-corrected chi connectivity index (χ4v) is 4.68. The Kier molecular flexibility index (Phi) is 5.31. The molecule has 108 valence electrons. The molecule has 0 saturated heterocycles. The quantitative estimate of drug-likeness (QED) is 0.622. The van der Waals surface area contributed by atoms with Crippen LogP contribution in [0.5, 0.6) is 0 Å². The normalized spacial score (nSPS) is 38.5. The van der Waals surface area contributed by atoms with E-state index in [1.807, 2.05) is 0 Å². The highest BCUT2D eigenvalue weighted by molar-refractivity contribution is 5.04. The zero-order chi connectivity index (χ0) is 13.7. The third-order valence-electron chi connectivity index (χ3n) is 5.84. The lowest BCUT2D eigenvalue weighted by Crippen LogP contribution is -2.36. The van der Waals surface area contributed by atoms with Crippen molar-refractivity contribution in [3.63, 3.8) is 0 Å². The first-order chi connectivity index (χ1) is 9.23. The van der Waals surface area contributed by atoms with E-state index in [0.717, 1.165) is 24.2 Å².